The molecule has 1 aromatic rings. The molecule has 0 aliphatic carbocycles. The summed E-state index contributed by atoms with van der Waals surface area (Å²) in [6.45, 7) is 0.939. The number of halogens is 6. The molecule has 0 radical (unpaired) electrons. The smallest absolute Gasteiger partial charge is 0.385 e. The van der Waals surface area contributed by atoms with Crippen molar-refractivity contribution in [1.29, 1.82) is 0 Å². The molecule has 1 unspecified atom stereocenters. The van der Waals surface area contributed by atoms with Crippen LogP contribution in [0.2, 0.25) is 0 Å². The van der Waals surface area contributed by atoms with E-state index in [1.54, 1.807) is 0 Å². The number of hydrogen-bond acceptors (Lipinski definition) is 1. The Bertz CT molecular complexity index is 410. The summed E-state index contributed by atoms with van der Waals surface area (Å²) in [5.74, 6) is -4.93. The van der Waals surface area contributed by atoms with Gasteiger partial charge in [-0.2, -0.15) is 22.0 Å². The van der Waals surface area contributed by atoms with Gasteiger partial charge >= 0.3 is 12.1 Å². The first-order chi connectivity index (χ1) is 7.96. The van der Waals surface area contributed by atoms with Gasteiger partial charge < -0.3 is 5.11 Å². The molecule has 7 heteroatoms. The monoisotopic (exact) mass is 380 g/mol. The van der Waals surface area contributed by atoms with Crippen LogP contribution in [-0.2, 0) is 5.60 Å². The molecule has 0 saturated heterocycles. The van der Waals surface area contributed by atoms with Crippen LogP contribution in [0, 0.1) is 3.57 Å². The van der Waals surface area contributed by atoms with E-state index in [4.69, 9.17) is 0 Å². The summed E-state index contributed by atoms with van der Waals surface area (Å²) in [7, 11) is 0. The predicted molar refractivity (Wildman–Crippen MR) is 64.3 cm³/mol. The number of rotatable bonds is 3. The molecule has 0 aliphatic rings. The Morgan fingerprint density at radius 2 is 1.50 bits per heavy atom. The zero-order valence-electron chi connectivity index (χ0n) is 9.23. The normalized spacial score (nSPS) is 16.4. The van der Waals surface area contributed by atoms with Crippen LogP contribution >= 0.6 is 22.6 Å². The van der Waals surface area contributed by atoms with E-state index in [9.17, 15) is 27.1 Å². The van der Waals surface area contributed by atoms with Gasteiger partial charge in [-0.15, -0.1) is 0 Å². The van der Waals surface area contributed by atoms with Crippen LogP contribution in [0.15, 0.2) is 24.3 Å². The van der Waals surface area contributed by atoms with Crippen LogP contribution in [0.4, 0.5) is 22.0 Å². The van der Waals surface area contributed by atoms with E-state index >= 15 is 0 Å². The fourth-order valence-corrected chi connectivity index (χ4v) is 1.80. The topological polar surface area (TPSA) is 20.2 Å². The Morgan fingerprint density at radius 3 is 1.89 bits per heavy atom. The molecule has 18 heavy (non-hydrogen) atoms. The first-order valence-corrected chi connectivity index (χ1v) is 5.96. The number of benzene rings is 1. The van der Waals surface area contributed by atoms with Crippen molar-refractivity contribution in [2.24, 2.45) is 0 Å². The summed E-state index contributed by atoms with van der Waals surface area (Å²) >= 11 is 1.96. The highest BCUT2D eigenvalue weighted by molar-refractivity contribution is 14.1. The highest BCUT2D eigenvalue weighted by Gasteiger charge is 2.59. The maximum atomic E-state index is 12.9. The third kappa shape index (κ3) is 3.53. The van der Waals surface area contributed by atoms with Gasteiger partial charge in [0.2, 0.25) is 0 Å². The minimum atomic E-state index is -5.67. The molecule has 0 amide bonds. The molecule has 0 saturated carbocycles. The number of alkyl halides is 5. The molecule has 0 spiro atoms. The SMILES string of the molecule is CC(O)(CC(F)(F)C(F)(F)F)c1ccc(I)cc1. The highest BCUT2D eigenvalue weighted by atomic mass is 127. The van der Waals surface area contributed by atoms with Crippen LogP contribution in [0.25, 0.3) is 0 Å². The van der Waals surface area contributed by atoms with Crippen LogP contribution in [0.3, 0.4) is 0 Å². The first kappa shape index (κ1) is 15.6. The second-order valence-electron chi connectivity index (χ2n) is 4.16. The predicted octanol–water partition coefficient (Wildman–Crippen LogP) is 4.09. The molecule has 1 nitrogen and oxygen atoms in total. The average Bonchev–Trinajstić information content (AvgIpc) is 2.14. The second-order valence-corrected chi connectivity index (χ2v) is 5.41. The Labute approximate surface area is 114 Å². The first-order valence-electron chi connectivity index (χ1n) is 4.89. The van der Waals surface area contributed by atoms with Crippen molar-refractivity contribution in [2.45, 2.75) is 31.0 Å². The average molecular weight is 380 g/mol. The van der Waals surface area contributed by atoms with Crippen molar-refractivity contribution in [3.05, 3.63) is 33.4 Å². The third-order valence-electron chi connectivity index (χ3n) is 2.45. The molecular formula is C11H10F5IO. The molecule has 0 bridgehead atoms. The quantitative estimate of drug-likeness (QED) is 0.619. The largest absolute Gasteiger partial charge is 0.453 e. The summed E-state index contributed by atoms with van der Waals surface area (Å²) in [5, 5.41) is 9.79. The Kier molecular flexibility index (Phi) is 4.26. The van der Waals surface area contributed by atoms with Crippen LogP contribution in [0.5, 0.6) is 0 Å². The Hall–Kier alpha value is -0.440. The minimum Gasteiger partial charge on any atom is -0.385 e. The second kappa shape index (κ2) is 4.92. The van der Waals surface area contributed by atoms with Gasteiger partial charge in [0, 0.05) is 3.57 Å². The van der Waals surface area contributed by atoms with Gasteiger partial charge in [0.15, 0.2) is 0 Å². The van der Waals surface area contributed by atoms with Crippen molar-refractivity contribution in [3.63, 3.8) is 0 Å². The fraction of sp³-hybridized carbons (Fsp3) is 0.455. The maximum Gasteiger partial charge on any atom is 0.453 e. The molecule has 0 aliphatic heterocycles. The molecular weight excluding hydrogens is 370 g/mol. The molecule has 1 N–H and O–H groups in total. The number of hydrogen-bond donors (Lipinski definition) is 1. The maximum absolute atomic E-state index is 12.9. The van der Waals surface area contributed by atoms with Crippen LogP contribution in [0.1, 0.15) is 18.9 Å². The zero-order valence-corrected chi connectivity index (χ0v) is 11.4. The van der Waals surface area contributed by atoms with Crippen LogP contribution in [-0.4, -0.2) is 17.2 Å². The van der Waals surface area contributed by atoms with E-state index in [-0.39, 0.29) is 5.56 Å². The Balaban J connectivity index is 2.98. The summed E-state index contributed by atoms with van der Waals surface area (Å²) in [6, 6.07) is 5.70. The van der Waals surface area contributed by atoms with E-state index in [0.717, 1.165) is 10.5 Å². The van der Waals surface area contributed by atoms with Gasteiger partial charge in [0.1, 0.15) is 0 Å². The lowest BCUT2D eigenvalue weighted by Crippen LogP contribution is -2.42. The standard InChI is InChI=1S/C11H10F5IO/c1-9(18,6-10(12,13)11(14,15)16)7-2-4-8(17)5-3-7/h2-5,18H,6H2,1H3. The summed E-state index contributed by atoms with van der Waals surface area (Å²) < 4.78 is 62.8. The van der Waals surface area contributed by atoms with Crippen molar-refractivity contribution in [2.75, 3.05) is 0 Å². The fourth-order valence-electron chi connectivity index (χ4n) is 1.44. The van der Waals surface area contributed by atoms with Gasteiger partial charge in [-0.25, -0.2) is 0 Å². The molecule has 1 atom stereocenters. The third-order valence-corrected chi connectivity index (χ3v) is 3.17. The van der Waals surface area contributed by atoms with E-state index in [0.29, 0.717) is 0 Å². The zero-order chi connectivity index (χ0) is 14.2. The Morgan fingerprint density at radius 1 is 1.06 bits per heavy atom. The lowest BCUT2D eigenvalue weighted by molar-refractivity contribution is -0.296. The van der Waals surface area contributed by atoms with Gasteiger partial charge in [0.25, 0.3) is 0 Å². The van der Waals surface area contributed by atoms with Gasteiger partial charge in [0.05, 0.1) is 12.0 Å². The molecule has 102 valence electrons. The van der Waals surface area contributed by atoms with Crippen molar-refractivity contribution >= 4 is 22.6 Å². The lowest BCUT2D eigenvalue weighted by Gasteiger charge is -2.29. The summed E-state index contributed by atoms with van der Waals surface area (Å²) in [5.41, 5.74) is -2.23. The lowest BCUT2D eigenvalue weighted by atomic mass is 9.89. The van der Waals surface area contributed by atoms with Crippen molar-refractivity contribution in [3.8, 4) is 0 Å². The van der Waals surface area contributed by atoms with Gasteiger partial charge in [-0.1, -0.05) is 12.1 Å². The van der Waals surface area contributed by atoms with E-state index < -0.39 is 24.1 Å². The summed E-state index contributed by atoms with van der Waals surface area (Å²) in [6.07, 6.45) is -7.37. The molecule has 1 aromatic carbocycles. The minimum absolute atomic E-state index is 0.0202. The molecule has 0 fully saturated rings. The van der Waals surface area contributed by atoms with Crippen molar-refractivity contribution < 1.29 is 27.1 Å². The molecule has 1 rings (SSSR count). The van der Waals surface area contributed by atoms with E-state index in [2.05, 4.69) is 0 Å². The summed E-state index contributed by atoms with van der Waals surface area (Å²) in [4.78, 5) is 0. The van der Waals surface area contributed by atoms with E-state index in [1.165, 1.54) is 24.3 Å². The molecule has 0 aromatic heterocycles. The number of aliphatic hydroxyl groups is 1. The van der Waals surface area contributed by atoms with Crippen LogP contribution < -0.4 is 0 Å². The van der Waals surface area contributed by atoms with E-state index in [1.807, 2.05) is 22.6 Å². The van der Waals surface area contributed by atoms with Crippen molar-refractivity contribution in [1.82, 2.24) is 0 Å². The molecule has 0 heterocycles. The van der Waals surface area contributed by atoms with Gasteiger partial charge in [-0.05, 0) is 47.2 Å². The highest BCUT2D eigenvalue weighted by Crippen LogP contribution is 2.43. The van der Waals surface area contributed by atoms with Gasteiger partial charge in [-0.3, -0.25) is 0 Å².